The summed E-state index contributed by atoms with van der Waals surface area (Å²) < 4.78 is 34.3. The van der Waals surface area contributed by atoms with E-state index in [0.717, 1.165) is 38.5 Å². The molecule has 2 atom stereocenters. The molecular formula is C56H109NO8P+. The van der Waals surface area contributed by atoms with Crippen molar-refractivity contribution >= 4 is 19.8 Å². The SMILES string of the molecule is CCCCCCC/C=C\C/C=C\CCCCCCCCCCCCCCCCCCCCCCCCCC(=O)OC(COC(=O)CCCCCCCCC)COP(=O)(O)OCC[N+](C)(C)C. The fourth-order valence-electron chi connectivity index (χ4n) is 8.11. The van der Waals surface area contributed by atoms with Crippen LogP contribution in [0.4, 0.5) is 0 Å². The molecule has 9 nitrogen and oxygen atoms in total. The second kappa shape index (κ2) is 48.5. The summed E-state index contributed by atoms with van der Waals surface area (Å²) in [6.45, 7) is 4.40. The standard InChI is InChI=1S/C56H108NO8P/c1-6-8-10-12-14-15-16-17-18-19-20-21-22-23-24-25-26-27-28-29-30-31-32-33-34-35-36-37-38-39-40-41-43-45-47-49-56(59)65-54(53-64-66(60,61)63-51-50-57(3,4)5)52-62-55(58)48-46-44-42-13-11-9-7-2/h16-17,19-20,54H,6-15,18,21-53H2,1-5H3/p+1/b17-16-,20-19-. The highest BCUT2D eigenvalue weighted by Crippen LogP contribution is 2.43. The minimum absolute atomic E-state index is 0.0351. The molecule has 0 spiro atoms. The van der Waals surface area contributed by atoms with Crippen molar-refractivity contribution in [3.63, 3.8) is 0 Å². The van der Waals surface area contributed by atoms with E-state index in [4.69, 9.17) is 18.5 Å². The zero-order valence-corrected chi connectivity index (χ0v) is 45.1. The Kier molecular flexibility index (Phi) is 47.4. The van der Waals surface area contributed by atoms with Crippen molar-refractivity contribution < 1.29 is 42.1 Å². The van der Waals surface area contributed by atoms with E-state index in [1.807, 2.05) is 21.1 Å². The van der Waals surface area contributed by atoms with Gasteiger partial charge in [0, 0.05) is 12.8 Å². The lowest BCUT2D eigenvalue weighted by molar-refractivity contribution is -0.870. The molecule has 0 saturated carbocycles. The van der Waals surface area contributed by atoms with E-state index in [9.17, 15) is 19.0 Å². The van der Waals surface area contributed by atoms with Gasteiger partial charge >= 0.3 is 19.8 Å². The number of ether oxygens (including phenoxy) is 2. The summed E-state index contributed by atoms with van der Waals surface area (Å²) >= 11 is 0. The number of nitrogens with zero attached hydrogens (tertiary/aromatic N) is 1. The fourth-order valence-corrected chi connectivity index (χ4v) is 8.85. The van der Waals surface area contributed by atoms with Crippen molar-refractivity contribution in [2.24, 2.45) is 0 Å². The van der Waals surface area contributed by atoms with Gasteiger partial charge in [-0.2, -0.15) is 0 Å². The Balaban J connectivity index is 3.82. The molecule has 0 aromatic heterocycles. The molecule has 0 bridgehead atoms. The molecular weight excluding hydrogens is 846 g/mol. The summed E-state index contributed by atoms with van der Waals surface area (Å²) in [6, 6.07) is 0. The second-order valence-electron chi connectivity index (χ2n) is 20.3. The Labute approximate surface area is 409 Å². The van der Waals surface area contributed by atoms with Crippen LogP contribution in [0.3, 0.4) is 0 Å². The smallest absolute Gasteiger partial charge is 0.462 e. The van der Waals surface area contributed by atoms with E-state index in [2.05, 4.69) is 38.2 Å². The first-order valence-corrected chi connectivity index (χ1v) is 29.6. The molecule has 0 amide bonds. The summed E-state index contributed by atoms with van der Waals surface area (Å²) in [7, 11) is 1.49. The van der Waals surface area contributed by atoms with Crippen molar-refractivity contribution in [3.8, 4) is 0 Å². The van der Waals surface area contributed by atoms with Gasteiger partial charge in [0.15, 0.2) is 6.10 Å². The first kappa shape index (κ1) is 64.5. The number of phosphoric ester groups is 1. The Morgan fingerprint density at radius 2 is 0.818 bits per heavy atom. The largest absolute Gasteiger partial charge is 0.472 e. The lowest BCUT2D eigenvalue weighted by Crippen LogP contribution is -2.37. The molecule has 0 fully saturated rings. The molecule has 0 rings (SSSR count). The molecule has 10 heteroatoms. The number of unbranched alkanes of at least 4 members (excludes halogenated alkanes) is 34. The number of hydrogen-bond acceptors (Lipinski definition) is 7. The summed E-state index contributed by atoms with van der Waals surface area (Å²) in [4.78, 5) is 35.3. The molecule has 0 aromatic carbocycles. The highest BCUT2D eigenvalue weighted by Gasteiger charge is 2.27. The van der Waals surface area contributed by atoms with Crippen LogP contribution in [0.1, 0.15) is 271 Å². The minimum Gasteiger partial charge on any atom is -0.462 e. The third-order valence-corrected chi connectivity index (χ3v) is 13.5. The Morgan fingerprint density at radius 1 is 0.470 bits per heavy atom. The van der Waals surface area contributed by atoms with Crippen molar-refractivity contribution in [2.75, 3.05) is 47.5 Å². The molecule has 0 aromatic rings. The third-order valence-electron chi connectivity index (χ3n) is 12.5. The number of allylic oxidation sites excluding steroid dienone is 4. The first-order chi connectivity index (χ1) is 32.0. The first-order valence-electron chi connectivity index (χ1n) is 28.1. The number of quaternary nitrogens is 1. The molecule has 0 aliphatic carbocycles. The van der Waals surface area contributed by atoms with E-state index in [0.29, 0.717) is 23.9 Å². The van der Waals surface area contributed by atoms with Gasteiger partial charge in [-0.05, 0) is 44.9 Å². The molecule has 1 N–H and O–H groups in total. The highest BCUT2D eigenvalue weighted by molar-refractivity contribution is 7.47. The molecule has 2 unspecified atom stereocenters. The monoisotopic (exact) mass is 955 g/mol. The quantitative estimate of drug-likeness (QED) is 0.0211. The zero-order valence-electron chi connectivity index (χ0n) is 44.2. The maximum Gasteiger partial charge on any atom is 0.472 e. The lowest BCUT2D eigenvalue weighted by Gasteiger charge is -2.24. The van der Waals surface area contributed by atoms with Gasteiger partial charge < -0.3 is 18.9 Å². The van der Waals surface area contributed by atoms with Gasteiger partial charge in [0.1, 0.15) is 19.8 Å². The molecule has 0 saturated heterocycles. The summed E-state index contributed by atoms with van der Waals surface area (Å²) in [5, 5.41) is 0. The van der Waals surface area contributed by atoms with Crippen molar-refractivity contribution in [2.45, 2.75) is 277 Å². The van der Waals surface area contributed by atoms with Gasteiger partial charge in [-0.25, -0.2) is 4.57 Å². The Bertz CT molecular complexity index is 1170. The number of hydrogen-bond donors (Lipinski definition) is 1. The maximum atomic E-state index is 12.7. The van der Waals surface area contributed by atoms with Gasteiger partial charge in [-0.1, -0.05) is 237 Å². The topological polar surface area (TPSA) is 108 Å². The molecule has 0 heterocycles. The lowest BCUT2D eigenvalue weighted by atomic mass is 10.0. The van der Waals surface area contributed by atoms with E-state index in [-0.39, 0.29) is 25.6 Å². The van der Waals surface area contributed by atoms with Crippen molar-refractivity contribution in [1.82, 2.24) is 0 Å². The maximum absolute atomic E-state index is 12.7. The van der Waals surface area contributed by atoms with Crippen LogP contribution in [0.2, 0.25) is 0 Å². The molecule has 0 aliphatic heterocycles. The minimum atomic E-state index is -4.37. The third kappa shape index (κ3) is 51.9. The average molecular weight is 955 g/mol. The van der Waals surface area contributed by atoms with Crippen LogP contribution in [0.5, 0.6) is 0 Å². The molecule has 390 valence electrons. The summed E-state index contributed by atoms with van der Waals surface area (Å²) in [6.07, 6.45) is 57.3. The average Bonchev–Trinajstić information content (AvgIpc) is 3.27. The van der Waals surface area contributed by atoms with Gasteiger partial charge in [-0.3, -0.25) is 18.6 Å². The fraction of sp³-hybridized carbons (Fsp3) is 0.893. The van der Waals surface area contributed by atoms with Gasteiger partial charge in [0.25, 0.3) is 0 Å². The van der Waals surface area contributed by atoms with E-state index >= 15 is 0 Å². The zero-order chi connectivity index (χ0) is 48.5. The normalized spacial score (nSPS) is 13.5. The Hall–Kier alpha value is -1.51. The predicted octanol–water partition coefficient (Wildman–Crippen LogP) is 17.0. The summed E-state index contributed by atoms with van der Waals surface area (Å²) in [5.74, 6) is -0.792. The summed E-state index contributed by atoms with van der Waals surface area (Å²) in [5.41, 5.74) is 0. The highest BCUT2D eigenvalue weighted by atomic mass is 31.2. The molecule has 66 heavy (non-hydrogen) atoms. The van der Waals surface area contributed by atoms with Crippen molar-refractivity contribution in [3.05, 3.63) is 24.3 Å². The number of rotatable bonds is 52. The van der Waals surface area contributed by atoms with E-state index in [1.54, 1.807) is 0 Å². The number of phosphoric acid groups is 1. The molecule has 0 radical (unpaired) electrons. The van der Waals surface area contributed by atoms with Crippen molar-refractivity contribution in [1.29, 1.82) is 0 Å². The van der Waals surface area contributed by atoms with E-state index < -0.39 is 26.5 Å². The van der Waals surface area contributed by atoms with Gasteiger partial charge in [0.05, 0.1) is 27.7 Å². The molecule has 0 aliphatic rings. The van der Waals surface area contributed by atoms with Gasteiger partial charge in [-0.15, -0.1) is 0 Å². The van der Waals surface area contributed by atoms with E-state index in [1.165, 1.54) is 199 Å². The van der Waals surface area contributed by atoms with Crippen LogP contribution in [0, 0.1) is 0 Å². The van der Waals surface area contributed by atoms with Gasteiger partial charge in [0.2, 0.25) is 0 Å². The van der Waals surface area contributed by atoms with Crippen LogP contribution in [0.15, 0.2) is 24.3 Å². The number of carbonyl (C=O) groups is 2. The van der Waals surface area contributed by atoms with Crippen LogP contribution >= 0.6 is 7.82 Å². The van der Waals surface area contributed by atoms with Crippen LogP contribution in [-0.2, 0) is 32.7 Å². The number of likely N-dealkylation sites (N-methyl/N-ethyl adjacent to an activating group) is 1. The Morgan fingerprint density at radius 3 is 1.20 bits per heavy atom. The van der Waals surface area contributed by atoms with Crippen LogP contribution in [0.25, 0.3) is 0 Å². The second-order valence-corrected chi connectivity index (χ2v) is 21.8. The predicted molar refractivity (Wildman–Crippen MR) is 280 cm³/mol. The number of carbonyl (C=O) groups excluding carboxylic acids is 2. The number of esters is 2. The van der Waals surface area contributed by atoms with Crippen LogP contribution < -0.4 is 0 Å². The van der Waals surface area contributed by atoms with Crippen LogP contribution in [-0.4, -0.2) is 74.9 Å².